The number of benzene rings is 2. The molecule has 1 fully saturated rings. The molecule has 0 radical (unpaired) electrons. The van der Waals surface area contributed by atoms with E-state index in [0.717, 1.165) is 16.8 Å². The average molecular weight is 380 g/mol. The van der Waals surface area contributed by atoms with Crippen molar-refractivity contribution < 1.29 is 19.1 Å². The quantitative estimate of drug-likeness (QED) is 0.783. The molecular weight excluding hydrogens is 356 g/mol. The average Bonchev–Trinajstić information content (AvgIpc) is 3.06. The molecule has 2 aromatic carbocycles. The van der Waals surface area contributed by atoms with Gasteiger partial charge in [-0.25, -0.2) is 0 Å². The summed E-state index contributed by atoms with van der Waals surface area (Å²) in [5.74, 6) is 1.00. The number of carbonyl (C=O) groups excluding carboxylic acids is 2. The number of hydrogen-bond acceptors (Lipinski definition) is 4. The molecule has 0 unspecified atom stereocenters. The van der Waals surface area contributed by atoms with Gasteiger partial charge in [-0.1, -0.05) is 23.8 Å². The highest BCUT2D eigenvalue weighted by atomic mass is 16.5. The lowest BCUT2D eigenvalue weighted by Crippen LogP contribution is -2.36. The molecule has 2 amide bonds. The Morgan fingerprint density at radius 3 is 2.50 bits per heavy atom. The van der Waals surface area contributed by atoms with E-state index in [1.807, 2.05) is 37.3 Å². The van der Waals surface area contributed by atoms with Crippen LogP contribution < -0.4 is 19.7 Å². The van der Waals surface area contributed by atoms with Crippen LogP contribution in [0.4, 0.5) is 5.69 Å². The SMILES string of the molecule is COc1ccc(/C=C\C(=O)N[C@H]2CC(=O)N(c3ccc(C)cc3)C2)cc1OC. The number of rotatable bonds is 6. The molecule has 1 atom stereocenters. The Labute approximate surface area is 164 Å². The Kier molecular flexibility index (Phi) is 5.99. The maximum Gasteiger partial charge on any atom is 0.244 e. The Balaban J connectivity index is 1.60. The fourth-order valence-electron chi connectivity index (χ4n) is 3.16. The molecular formula is C22H24N2O4. The zero-order chi connectivity index (χ0) is 20.1. The topological polar surface area (TPSA) is 67.9 Å². The molecule has 1 N–H and O–H groups in total. The molecule has 0 bridgehead atoms. The molecule has 1 heterocycles. The molecule has 28 heavy (non-hydrogen) atoms. The number of amides is 2. The van der Waals surface area contributed by atoms with E-state index in [-0.39, 0.29) is 17.9 Å². The number of ether oxygens (including phenoxy) is 2. The molecule has 146 valence electrons. The molecule has 3 rings (SSSR count). The highest BCUT2D eigenvalue weighted by molar-refractivity contribution is 5.98. The molecule has 1 aliphatic rings. The van der Waals surface area contributed by atoms with Crippen LogP contribution in [0.25, 0.3) is 6.08 Å². The maximum absolute atomic E-state index is 12.3. The van der Waals surface area contributed by atoms with Crippen molar-refractivity contribution in [2.45, 2.75) is 19.4 Å². The van der Waals surface area contributed by atoms with Gasteiger partial charge in [-0.3, -0.25) is 9.59 Å². The molecule has 0 aliphatic carbocycles. The number of carbonyl (C=O) groups is 2. The van der Waals surface area contributed by atoms with Crippen LogP contribution >= 0.6 is 0 Å². The number of nitrogens with zero attached hydrogens (tertiary/aromatic N) is 1. The highest BCUT2D eigenvalue weighted by Crippen LogP contribution is 2.28. The first-order valence-corrected chi connectivity index (χ1v) is 9.08. The lowest BCUT2D eigenvalue weighted by atomic mass is 10.2. The summed E-state index contributed by atoms with van der Waals surface area (Å²) in [5.41, 5.74) is 2.81. The van der Waals surface area contributed by atoms with Crippen molar-refractivity contribution in [3.05, 3.63) is 59.7 Å². The van der Waals surface area contributed by atoms with Crippen molar-refractivity contribution in [2.75, 3.05) is 25.7 Å². The van der Waals surface area contributed by atoms with Crippen LogP contribution in [0.15, 0.2) is 48.5 Å². The van der Waals surface area contributed by atoms with Gasteiger partial charge in [-0.15, -0.1) is 0 Å². The first-order chi connectivity index (χ1) is 13.5. The largest absolute Gasteiger partial charge is 0.493 e. The molecule has 1 saturated heterocycles. The zero-order valence-electron chi connectivity index (χ0n) is 16.3. The predicted octanol–water partition coefficient (Wildman–Crippen LogP) is 2.95. The van der Waals surface area contributed by atoms with Crippen molar-refractivity contribution in [3.63, 3.8) is 0 Å². The summed E-state index contributed by atoms with van der Waals surface area (Å²) < 4.78 is 10.5. The Bertz CT molecular complexity index is 890. The van der Waals surface area contributed by atoms with Crippen molar-refractivity contribution in [1.29, 1.82) is 0 Å². The van der Waals surface area contributed by atoms with Gasteiger partial charge in [0.05, 0.1) is 20.3 Å². The third-order valence-electron chi connectivity index (χ3n) is 4.65. The summed E-state index contributed by atoms with van der Waals surface area (Å²) in [6, 6.07) is 13.0. The zero-order valence-corrected chi connectivity index (χ0v) is 16.3. The second kappa shape index (κ2) is 8.61. The van der Waals surface area contributed by atoms with Crippen LogP contribution in [0.3, 0.4) is 0 Å². The summed E-state index contributed by atoms with van der Waals surface area (Å²) in [6.45, 7) is 2.47. The van der Waals surface area contributed by atoms with Crippen molar-refractivity contribution in [3.8, 4) is 11.5 Å². The van der Waals surface area contributed by atoms with E-state index >= 15 is 0 Å². The maximum atomic E-state index is 12.3. The molecule has 6 heteroatoms. The van der Waals surface area contributed by atoms with Gasteiger partial charge in [0.15, 0.2) is 11.5 Å². The van der Waals surface area contributed by atoms with E-state index in [4.69, 9.17) is 9.47 Å². The third kappa shape index (κ3) is 4.52. The smallest absolute Gasteiger partial charge is 0.244 e. The number of anilines is 1. The van der Waals surface area contributed by atoms with Crippen LogP contribution in [0.2, 0.25) is 0 Å². The summed E-state index contributed by atoms with van der Waals surface area (Å²) in [6.07, 6.45) is 3.45. The van der Waals surface area contributed by atoms with Gasteiger partial charge >= 0.3 is 0 Å². The minimum atomic E-state index is -0.238. The number of methoxy groups -OCH3 is 2. The number of nitrogens with one attached hydrogen (secondary N) is 1. The minimum absolute atomic E-state index is 0.0121. The fourth-order valence-corrected chi connectivity index (χ4v) is 3.16. The predicted molar refractivity (Wildman–Crippen MR) is 109 cm³/mol. The first-order valence-electron chi connectivity index (χ1n) is 9.08. The van der Waals surface area contributed by atoms with Gasteiger partial charge < -0.3 is 19.7 Å². The monoisotopic (exact) mass is 380 g/mol. The van der Waals surface area contributed by atoms with Gasteiger partial charge in [0.25, 0.3) is 0 Å². The van der Waals surface area contributed by atoms with Gasteiger partial charge in [-0.2, -0.15) is 0 Å². The molecule has 6 nitrogen and oxygen atoms in total. The van der Waals surface area contributed by atoms with E-state index in [1.165, 1.54) is 6.08 Å². The van der Waals surface area contributed by atoms with Crippen molar-refractivity contribution in [2.24, 2.45) is 0 Å². The lowest BCUT2D eigenvalue weighted by Gasteiger charge is -2.17. The van der Waals surface area contributed by atoms with Crippen LogP contribution in [0, 0.1) is 6.92 Å². The van der Waals surface area contributed by atoms with Crippen molar-refractivity contribution >= 4 is 23.6 Å². The first kappa shape index (κ1) is 19.5. The summed E-state index contributed by atoms with van der Waals surface area (Å²) in [4.78, 5) is 26.3. The van der Waals surface area contributed by atoms with Gasteiger partial charge in [0.2, 0.25) is 11.8 Å². The molecule has 2 aromatic rings. The molecule has 1 aliphatic heterocycles. The molecule has 0 spiro atoms. The lowest BCUT2D eigenvalue weighted by molar-refractivity contribution is -0.117. The second-order valence-electron chi connectivity index (χ2n) is 6.70. The van der Waals surface area contributed by atoms with Crippen LogP contribution in [0.1, 0.15) is 17.5 Å². The van der Waals surface area contributed by atoms with E-state index in [0.29, 0.717) is 24.5 Å². The van der Waals surface area contributed by atoms with Crippen LogP contribution in [0.5, 0.6) is 11.5 Å². The Hall–Kier alpha value is -3.28. The van der Waals surface area contributed by atoms with E-state index < -0.39 is 0 Å². The van der Waals surface area contributed by atoms with Gasteiger partial charge in [0, 0.05) is 24.7 Å². The van der Waals surface area contributed by atoms with E-state index in [9.17, 15) is 9.59 Å². The van der Waals surface area contributed by atoms with Crippen LogP contribution in [-0.2, 0) is 9.59 Å². The second-order valence-corrected chi connectivity index (χ2v) is 6.70. The summed E-state index contributed by atoms with van der Waals surface area (Å²) in [7, 11) is 3.14. The number of hydrogen-bond donors (Lipinski definition) is 1. The van der Waals surface area contributed by atoms with Crippen molar-refractivity contribution in [1.82, 2.24) is 5.32 Å². The standard InChI is InChI=1S/C22H24N2O4/c1-15-4-8-18(9-5-15)24-14-17(13-22(24)26)23-21(25)11-7-16-6-10-19(27-2)20(12-16)28-3/h4-12,17H,13-14H2,1-3H3,(H,23,25)/b11-7-/t17-/m0/s1. The molecule has 0 saturated carbocycles. The molecule has 0 aromatic heterocycles. The Morgan fingerprint density at radius 2 is 1.82 bits per heavy atom. The third-order valence-corrected chi connectivity index (χ3v) is 4.65. The minimum Gasteiger partial charge on any atom is -0.493 e. The van der Waals surface area contributed by atoms with E-state index in [1.54, 1.807) is 37.3 Å². The highest BCUT2D eigenvalue weighted by Gasteiger charge is 2.31. The van der Waals surface area contributed by atoms with Gasteiger partial charge in [-0.05, 0) is 42.8 Å². The van der Waals surface area contributed by atoms with Crippen LogP contribution in [-0.4, -0.2) is 38.6 Å². The Morgan fingerprint density at radius 1 is 1.11 bits per heavy atom. The fraction of sp³-hybridized carbons (Fsp3) is 0.273. The summed E-state index contributed by atoms with van der Waals surface area (Å²) in [5, 5.41) is 2.90. The summed E-state index contributed by atoms with van der Waals surface area (Å²) >= 11 is 0. The van der Waals surface area contributed by atoms with E-state index in [2.05, 4.69) is 5.32 Å². The van der Waals surface area contributed by atoms with Gasteiger partial charge in [0.1, 0.15) is 0 Å². The number of aryl methyl sites for hydroxylation is 1. The normalized spacial score (nSPS) is 16.5.